The predicted molar refractivity (Wildman–Crippen MR) is 74.1 cm³/mol. The fourth-order valence-electron chi connectivity index (χ4n) is 3.54. The van der Waals surface area contributed by atoms with Crippen LogP contribution in [-0.4, -0.2) is 31.9 Å². The molecule has 0 bridgehead atoms. The van der Waals surface area contributed by atoms with Crippen molar-refractivity contribution in [2.75, 3.05) is 13.1 Å². The Hall–Kier alpha value is -0.980. The average Bonchev–Trinajstić information content (AvgIpc) is 2.92. The van der Waals surface area contributed by atoms with E-state index in [1.807, 2.05) is 0 Å². The van der Waals surface area contributed by atoms with Gasteiger partial charge in [-0.3, -0.25) is 0 Å². The van der Waals surface area contributed by atoms with Gasteiger partial charge in [-0.05, 0) is 43.2 Å². The summed E-state index contributed by atoms with van der Waals surface area (Å²) in [4.78, 5) is -0.187. The minimum absolute atomic E-state index is 0.0712. The first kappa shape index (κ1) is 14.0. The molecule has 4 nitrogen and oxygen atoms in total. The number of hydrogen-bond acceptors (Lipinski definition) is 3. The van der Waals surface area contributed by atoms with Gasteiger partial charge in [0, 0.05) is 19.1 Å². The SMILES string of the molecule is Cc1cccc(F)c1S(=O)(=O)N1CC2CCC(N)C2C1. The van der Waals surface area contributed by atoms with Crippen LogP contribution in [0.2, 0.25) is 0 Å². The third-order valence-corrected chi connectivity index (χ3v) is 6.65. The summed E-state index contributed by atoms with van der Waals surface area (Å²) >= 11 is 0. The fraction of sp³-hybridized carbons (Fsp3) is 0.571. The standard InChI is InChI=1S/C14H19FN2O2S/c1-9-3-2-4-12(15)14(9)20(18,19)17-7-10-5-6-13(16)11(10)8-17/h2-4,10-11,13H,5-8,16H2,1H3. The molecule has 2 fully saturated rings. The van der Waals surface area contributed by atoms with Crippen molar-refractivity contribution < 1.29 is 12.8 Å². The van der Waals surface area contributed by atoms with E-state index in [1.165, 1.54) is 16.4 Å². The van der Waals surface area contributed by atoms with E-state index in [9.17, 15) is 12.8 Å². The molecule has 0 spiro atoms. The molecule has 1 aliphatic carbocycles. The molecule has 110 valence electrons. The summed E-state index contributed by atoms with van der Waals surface area (Å²) in [5.41, 5.74) is 6.48. The molecule has 3 unspecified atom stereocenters. The fourth-order valence-corrected chi connectivity index (χ4v) is 5.34. The molecule has 20 heavy (non-hydrogen) atoms. The summed E-state index contributed by atoms with van der Waals surface area (Å²) in [6.45, 7) is 2.51. The maximum Gasteiger partial charge on any atom is 0.246 e. The molecule has 6 heteroatoms. The second kappa shape index (κ2) is 4.79. The minimum atomic E-state index is -3.76. The lowest BCUT2D eigenvalue weighted by molar-refractivity contribution is 0.424. The Bertz CT molecular complexity index is 612. The zero-order valence-corrected chi connectivity index (χ0v) is 12.2. The highest BCUT2D eigenvalue weighted by Gasteiger charge is 2.45. The first-order chi connectivity index (χ1) is 9.41. The third-order valence-electron chi connectivity index (χ3n) is 4.64. The largest absolute Gasteiger partial charge is 0.327 e. The van der Waals surface area contributed by atoms with Gasteiger partial charge in [-0.15, -0.1) is 0 Å². The lowest BCUT2D eigenvalue weighted by atomic mass is 9.98. The van der Waals surface area contributed by atoms with Gasteiger partial charge in [0.15, 0.2) is 0 Å². The lowest BCUT2D eigenvalue weighted by Gasteiger charge is -2.20. The van der Waals surface area contributed by atoms with Gasteiger partial charge in [0.25, 0.3) is 0 Å². The van der Waals surface area contributed by atoms with Crippen LogP contribution in [0.15, 0.2) is 23.1 Å². The van der Waals surface area contributed by atoms with Crippen LogP contribution in [0.25, 0.3) is 0 Å². The highest BCUT2D eigenvalue weighted by atomic mass is 32.2. The number of rotatable bonds is 2. The summed E-state index contributed by atoms with van der Waals surface area (Å²) < 4.78 is 40.7. The molecule has 3 atom stereocenters. The molecule has 3 rings (SSSR count). The van der Waals surface area contributed by atoms with Gasteiger partial charge in [-0.25, -0.2) is 12.8 Å². The zero-order valence-electron chi connectivity index (χ0n) is 11.4. The summed E-state index contributed by atoms with van der Waals surface area (Å²) in [7, 11) is -3.76. The molecular formula is C14H19FN2O2S. The number of benzene rings is 1. The van der Waals surface area contributed by atoms with Crippen LogP contribution in [-0.2, 0) is 10.0 Å². The predicted octanol–water partition coefficient (Wildman–Crippen LogP) is 1.49. The van der Waals surface area contributed by atoms with Crippen LogP contribution in [0.4, 0.5) is 4.39 Å². The van der Waals surface area contributed by atoms with Gasteiger partial charge < -0.3 is 5.73 Å². The van der Waals surface area contributed by atoms with Crippen molar-refractivity contribution in [3.63, 3.8) is 0 Å². The van der Waals surface area contributed by atoms with Crippen molar-refractivity contribution in [2.24, 2.45) is 17.6 Å². The van der Waals surface area contributed by atoms with E-state index >= 15 is 0 Å². The molecule has 1 aliphatic heterocycles. The van der Waals surface area contributed by atoms with E-state index in [-0.39, 0.29) is 16.9 Å². The monoisotopic (exact) mass is 298 g/mol. The Morgan fingerprint density at radius 1 is 1.30 bits per heavy atom. The van der Waals surface area contributed by atoms with Gasteiger partial charge in [0.05, 0.1) is 0 Å². The van der Waals surface area contributed by atoms with Gasteiger partial charge in [0.1, 0.15) is 10.7 Å². The van der Waals surface area contributed by atoms with Crippen LogP contribution >= 0.6 is 0 Å². The summed E-state index contributed by atoms with van der Waals surface area (Å²) in [6, 6.07) is 4.42. The topological polar surface area (TPSA) is 63.4 Å². The molecule has 1 aromatic rings. The van der Waals surface area contributed by atoms with Crippen LogP contribution in [0, 0.1) is 24.6 Å². The number of nitrogens with two attached hydrogens (primary N) is 1. The van der Waals surface area contributed by atoms with Crippen molar-refractivity contribution in [3.05, 3.63) is 29.6 Å². The first-order valence-corrected chi connectivity index (χ1v) is 8.36. The van der Waals surface area contributed by atoms with Crippen LogP contribution < -0.4 is 5.73 Å². The molecule has 1 aromatic carbocycles. The Morgan fingerprint density at radius 3 is 2.70 bits per heavy atom. The number of halogens is 1. The van der Waals surface area contributed by atoms with E-state index in [0.717, 1.165) is 12.8 Å². The van der Waals surface area contributed by atoms with Crippen LogP contribution in [0.5, 0.6) is 0 Å². The highest BCUT2D eigenvalue weighted by Crippen LogP contribution is 2.39. The number of sulfonamides is 1. The van der Waals surface area contributed by atoms with E-state index in [4.69, 9.17) is 5.73 Å². The van der Waals surface area contributed by atoms with E-state index in [2.05, 4.69) is 0 Å². The molecule has 1 saturated carbocycles. The van der Waals surface area contributed by atoms with Crippen molar-refractivity contribution in [1.82, 2.24) is 4.31 Å². The normalized spacial score (nSPS) is 30.6. The van der Waals surface area contributed by atoms with Gasteiger partial charge in [0.2, 0.25) is 10.0 Å². The Kier molecular flexibility index (Phi) is 3.35. The van der Waals surface area contributed by atoms with E-state index in [1.54, 1.807) is 13.0 Å². The van der Waals surface area contributed by atoms with E-state index in [0.29, 0.717) is 24.6 Å². The van der Waals surface area contributed by atoms with Crippen LogP contribution in [0.3, 0.4) is 0 Å². The Balaban J connectivity index is 1.94. The van der Waals surface area contributed by atoms with Crippen molar-refractivity contribution in [1.29, 1.82) is 0 Å². The number of nitrogens with zero attached hydrogens (tertiary/aromatic N) is 1. The molecule has 1 heterocycles. The maximum atomic E-state index is 13.9. The van der Waals surface area contributed by atoms with Gasteiger partial charge in [-0.2, -0.15) is 4.31 Å². The zero-order chi connectivity index (χ0) is 14.5. The van der Waals surface area contributed by atoms with Gasteiger partial charge >= 0.3 is 0 Å². The summed E-state index contributed by atoms with van der Waals surface area (Å²) in [5.74, 6) is -0.130. The number of hydrogen-bond donors (Lipinski definition) is 1. The van der Waals surface area contributed by atoms with E-state index < -0.39 is 15.8 Å². The lowest BCUT2D eigenvalue weighted by Crippen LogP contribution is -2.34. The summed E-state index contributed by atoms with van der Waals surface area (Å²) in [5, 5.41) is 0. The average molecular weight is 298 g/mol. The molecule has 0 radical (unpaired) electrons. The quantitative estimate of drug-likeness (QED) is 0.900. The Morgan fingerprint density at radius 2 is 2.05 bits per heavy atom. The minimum Gasteiger partial charge on any atom is -0.327 e. The Labute approximate surface area is 118 Å². The number of aryl methyl sites for hydroxylation is 1. The third kappa shape index (κ3) is 2.06. The maximum absolute atomic E-state index is 13.9. The molecular weight excluding hydrogens is 279 g/mol. The second-order valence-electron chi connectivity index (χ2n) is 5.87. The van der Waals surface area contributed by atoms with Crippen molar-refractivity contribution >= 4 is 10.0 Å². The molecule has 2 aliphatic rings. The van der Waals surface area contributed by atoms with Gasteiger partial charge in [-0.1, -0.05) is 12.1 Å². The number of fused-ring (bicyclic) bond motifs is 1. The highest BCUT2D eigenvalue weighted by molar-refractivity contribution is 7.89. The molecule has 0 amide bonds. The second-order valence-corrected chi connectivity index (χ2v) is 7.75. The van der Waals surface area contributed by atoms with Crippen LogP contribution in [0.1, 0.15) is 18.4 Å². The summed E-state index contributed by atoms with van der Waals surface area (Å²) in [6.07, 6.45) is 1.93. The first-order valence-electron chi connectivity index (χ1n) is 6.92. The molecule has 2 N–H and O–H groups in total. The molecule has 0 aromatic heterocycles. The smallest absolute Gasteiger partial charge is 0.246 e. The van der Waals surface area contributed by atoms with Crippen molar-refractivity contribution in [2.45, 2.75) is 30.7 Å². The molecule has 1 saturated heterocycles. The van der Waals surface area contributed by atoms with Crippen molar-refractivity contribution in [3.8, 4) is 0 Å².